The van der Waals surface area contributed by atoms with Crippen molar-refractivity contribution >= 4 is 6.08 Å². The summed E-state index contributed by atoms with van der Waals surface area (Å²) >= 11 is 0. The first-order chi connectivity index (χ1) is 9.84. The molecule has 20 heavy (non-hydrogen) atoms. The fourth-order valence-electron chi connectivity index (χ4n) is 1.88. The van der Waals surface area contributed by atoms with Crippen LogP contribution in [0.4, 0.5) is 0 Å². The van der Waals surface area contributed by atoms with E-state index in [0.717, 1.165) is 11.1 Å². The van der Waals surface area contributed by atoms with Crippen molar-refractivity contribution in [1.82, 2.24) is 0 Å². The van der Waals surface area contributed by atoms with Crippen molar-refractivity contribution in [2.45, 2.75) is 19.1 Å². The average Bonchev–Trinajstić information content (AvgIpc) is 2.49. The minimum Gasteiger partial charge on any atom is -0.390 e. The molecule has 0 saturated carbocycles. The Morgan fingerprint density at radius 2 is 1.60 bits per heavy atom. The van der Waals surface area contributed by atoms with Crippen LogP contribution < -0.4 is 0 Å². The highest BCUT2D eigenvalue weighted by Crippen LogP contribution is 2.05. The number of rotatable bonds is 7. The lowest BCUT2D eigenvalue weighted by Crippen LogP contribution is -2.14. The quantitative estimate of drug-likeness (QED) is 0.830. The highest BCUT2D eigenvalue weighted by atomic mass is 16.5. The van der Waals surface area contributed by atoms with Gasteiger partial charge in [-0.1, -0.05) is 72.8 Å². The number of hydrogen-bond donors (Lipinski definition) is 1. The molecule has 0 aliphatic heterocycles. The maximum Gasteiger partial charge on any atom is 0.0808 e. The molecule has 1 N–H and O–H groups in total. The first-order valence-corrected chi connectivity index (χ1v) is 6.86. The lowest BCUT2D eigenvalue weighted by Gasteiger charge is -2.09. The standard InChI is InChI=1S/C18H20O2/c19-18(13-7-12-16-8-3-1-4-9-16)15-20-14-17-10-5-2-6-11-17/h1-12,18-19H,13-15H2/b12-7-. The first kappa shape index (κ1) is 14.5. The number of ether oxygens (including phenoxy) is 1. The van der Waals surface area contributed by atoms with Gasteiger partial charge >= 0.3 is 0 Å². The first-order valence-electron chi connectivity index (χ1n) is 6.86. The lowest BCUT2D eigenvalue weighted by atomic mass is 10.2. The Labute approximate surface area is 120 Å². The summed E-state index contributed by atoms with van der Waals surface area (Å²) in [6, 6.07) is 20.0. The smallest absolute Gasteiger partial charge is 0.0808 e. The van der Waals surface area contributed by atoms with Gasteiger partial charge in [0.1, 0.15) is 0 Å². The van der Waals surface area contributed by atoms with Crippen LogP contribution in [0.2, 0.25) is 0 Å². The van der Waals surface area contributed by atoms with Crippen molar-refractivity contribution in [3.8, 4) is 0 Å². The van der Waals surface area contributed by atoms with Crippen molar-refractivity contribution in [2.24, 2.45) is 0 Å². The molecule has 0 aliphatic rings. The highest BCUT2D eigenvalue weighted by Gasteiger charge is 2.01. The van der Waals surface area contributed by atoms with Gasteiger partial charge in [0.2, 0.25) is 0 Å². The van der Waals surface area contributed by atoms with Crippen LogP contribution in [-0.4, -0.2) is 17.8 Å². The molecule has 0 radical (unpaired) electrons. The van der Waals surface area contributed by atoms with Crippen molar-refractivity contribution in [3.05, 3.63) is 77.9 Å². The molecule has 1 atom stereocenters. The molecule has 2 nitrogen and oxygen atoms in total. The van der Waals surface area contributed by atoms with Crippen molar-refractivity contribution in [1.29, 1.82) is 0 Å². The molecule has 2 rings (SSSR count). The van der Waals surface area contributed by atoms with E-state index in [1.807, 2.05) is 72.8 Å². The second-order valence-corrected chi connectivity index (χ2v) is 4.70. The minimum atomic E-state index is -0.460. The summed E-state index contributed by atoms with van der Waals surface area (Å²) in [5.41, 5.74) is 2.27. The van der Waals surface area contributed by atoms with Crippen molar-refractivity contribution in [2.75, 3.05) is 6.61 Å². The third-order valence-electron chi connectivity index (χ3n) is 2.94. The molecule has 0 aliphatic carbocycles. The maximum atomic E-state index is 9.83. The summed E-state index contributed by atoms with van der Waals surface area (Å²) in [6.07, 6.45) is 4.13. The van der Waals surface area contributed by atoms with E-state index >= 15 is 0 Å². The van der Waals surface area contributed by atoms with Crippen LogP contribution in [0.3, 0.4) is 0 Å². The zero-order valence-electron chi connectivity index (χ0n) is 11.5. The van der Waals surface area contributed by atoms with Gasteiger partial charge in [0, 0.05) is 0 Å². The Morgan fingerprint density at radius 3 is 2.30 bits per heavy atom. The van der Waals surface area contributed by atoms with E-state index in [-0.39, 0.29) is 0 Å². The molecule has 0 fully saturated rings. The fraction of sp³-hybridized carbons (Fsp3) is 0.222. The van der Waals surface area contributed by atoms with Crippen LogP contribution in [0.25, 0.3) is 6.08 Å². The predicted molar refractivity (Wildman–Crippen MR) is 82.2 cm³/mol. The van der Waals surface area contributed by atoms with Crippen LogP contribution in [0.5, 0.6) is 0 Å². The second-order valence-electron chi connectivity index (χ2n) is 4.70. The number of benzene rings is 2. The molecule has 2 aromatic rings. The third-order valence-corrected chi connectivity index (χ3v) is 2.94. The van der Waals surface area contributed by atoms with Gasteiger partial charge < -0.3 is 9.84 Å². The molecular formula is C18H20O2. The van der Waals surface area contributed by atoms with Gasteiger partial charge in [0.25, 0.3) is 0 Å². The van der Waals surface area contributed by atoms with E-state index in [1.54, 1.807) is 0 Å². The molecular weight excluding hydrogens is 248 g/mol. The summed E-state index contributed by atoms with van der Waals surface area (Å²) in [6.45, 7) is 0.897. The van der Waals surface area contributed by atoms with E-state index in [0.29, 0.717) is 19.6 Å². The summed E-state index contributed by atoms with van der Waals surface area (Å²) in [7, 11) is 0. The Kier molecular flexibility index (Phi) is 6.03. The monoisotopic (exact) mass is 268 g/mol. The molecule has 0 amide bonds. The Balaban J connectivity index is 1.66. The molecule has 1 unspecified atom stereocenters. The topological polar surface area (TPSA) is 29.5 Å². The SMILES string of the molecule is OC(C/C=C\c1ccccc1)COCc1ccccc1. The van der Waals surface area contributed by atoms with E-state index in [4.69, 9.17) is 4.74 Å². The van der Waals surface area contributed by atoms with Crippen molar-refractivity contribution in [3.63, 3.8) is 0 Å². The number of hydrogen-bond acceptors (Lipinski definition) is 2. The van der Waals surface area contributed by atoms with Crippen LogP contribution in [0.1, 0.15) is 17.5 Å². The normalized spacial score (nSPS) is 12.7. The predicted octanol–water partition coefficient (Wildman–Crippen LogP) is 3.67. The van der Waals surface area contributed by atoms with E-state index in [2.05, 4.69) is 0 Å². The third kappa shape index (κ3) is 5.39. The summed E-state index contributed by atoms with van der Waals surface area (Å²) < 4.78 is 5.50. The molecule has 2 aromatic carbocycles. The van der Waals surface area contributed by atoms with Crippen LogP contribution in [0, 0.1) is 0 Å². The molecule has 0 bridgehead atoms. The lowest BCUT2D eigenvalue weighted by molar-refractivity contribution is 0.0302. The molecule has 0 aromatic heterocycles. The summed E-state index contributed by atoms with van der Waals surface area (Å²) in [5, 5.41) is 9.83. The summed E-state index contributed by atoms with van der Waals surface area (Å²) in [5.74, 6) is 0. The summed E-state index contributed by atoms with van der Waals surface area (Å²) in [4.78, 5) is 0. The van der Waals surface area contributed by atoms with E-state index < -0.39 is 6.10 Å². The molecule has 0 saturated heterocycles. The van der Waals surface area contributed by atoms with Gasteiger partial charge in [0.15, 0.2) is 0 Å². The second kappa shape index (κ2) is 8.31. The van der Waals surface area contributed by atoms with Gasteiger partial charge in [0.05, 0.1) is 19.3 Å². The van der Waals surface area contributed by atoms with Gasteiger partial charge in [-0.05, 0) is 17.5 Å². The van der Waals surface area contributed by atoms with Crippen molar-refractivity contribution < 1.29 is 9.84 Å². The largest absolute Gasteiger partial charge is 0.390 e. The zero-order chi connectivity index (χ0) is 14.0. The average molecular weight is 268 g/mol. The van der Waals surface area contributed by atoms with E-state index in [9.17, 15) is 5.11 Å². The Bertz CT molecular complexity index is 505. The number of aliphatic hydroxyl groups excluding tert-OH is 1. The van der Waals surface area contributed by atoms with Crippen LogP contribution in [-0.2, 0) is 11.3 Å². The number of aliphatic hydroxyl groups is 1. The van der Waals surface area contributed by atoms with Gasteiger partial charge in [-0.3, -0.25) is 0 Å². The van der Waals surface area contributed by atoms with Gasteiger partial charge in [-0.15, -0.1) is 0 Å². The highest BCUT2D eigenvalue weighted by molar-refractivity contribution is 5.48. The Hall–Kier alpha value is -1.90. The molecule has 0 heterocycles. The van der Waals surface area contributed by atoms with Crippen LogP contribution in [0.15, 0.2) is 66.7 Å². The minimum absolute atomic E-state index is 0.355. The van der Waals surface area contributed by atoms with Crippen LogP contribution >= 0.6 is 0 Å². The van der Waals surface area contributed by atoms with Gasteiger partial charge in [-0.25, -0.2) is 0 Å². The molecule has 104 valence electrons. The molecule has 2 heteroatoms. The maximum absolute atomic E-state index is 9.83. The molecule has 0 spiro atoms. The zero-order valence-corrected chi connectivity index (χ0v) is 11.5. The fourth-order valence-corrected chi connectivity index (χ4v) is 1.88. The van der Waals surface area contributed by atoms with E-state index in [1.165, 1.54) is 0 Å². The Morgan fingerprint density at radius 1 is 0.950 bits per heavy atom. The van der Waals surface area contributed by atoms with Gasteiger partial charge in [-0.2, -0.15) is 0 Å².